The molecule has 0 atom stereocenters. The van der Waals surface area contributed by atoms with Crippen LogP contribution in [0.15, 0.2) is 158 Å². The van der Waals surface area contributed by atoms with Crippen molar-refractivity contribution in [2.45, 2.75) is 0 Å². The summed E-state index contributed by atoms with van der Waals surface area (Å²) in [6.45, 7) is 0. The third kappa shape index (κ3) is 4.14. The van der Waals surface area contributed by atoms with Crippen molar-refractivity contribution < 1.29 is 0 Å². The van der Waals surface area contributed by atoms with Crippen LogP contribution in [0.3, 0.4) is 0 Å². The van der Waals surface area contributed by atoms with E-state index in [1.807, 2.05) is 48.5 Å². The minimum atomic E-state index is 0.631. The topological polar surface area (TPSA) is 57.4 Å². The third-order valence-electron chi connectivity index (χ3n) is 9.37. The van der Waals surface area contributed by atoms with Crippen LogP contribution < -0.4 is 0 Å². The van der Waals surface area contributed by atoms with E-state index in [4.69, 9.17) is 0 Å². The maximum atomic E-state index is 10.1. The van der Waals surface area contributed by atoms with E-state index in [-0.39, 0.29) is 0 Å². The lowest BCUT2D eigenvalue weighted by Gasteiger charge is -2.18. The Morgan fingerprint density at radius 3 is 1.58 bits per heavy atom. The van der Waals surface area contributed by atoms with Crippen molar-refractivity contribution in [3.63, 3.8) is 0 Å². The molecule has 9 aromatic rings. The summed E-state index contributed by atoms with van der Waals surface area (Å²) in [5.41, 5.74) is 11.6. The van der Waals surface area contributed by atoms with Crippen molar-refractivity contribution in [1.82, 2.24) is 9.13 Å². The van der Waals surface area contributed by atoms with E-state index in [0.717, 1.165) is 66.5 Å². The van der Waals surface area contributed by atoms with E-state index >= 15 is 0 Å². The zero-order chi connectivity index (χ0) is 32.2. The summed E-state index contributed by atoms with van der Waals surface area (Å²) in [6, 6.07) is 59.0. The first-order valence-corrected chi connectivity index (χ1v) is 15.9. The number of para-hydroxylation sites is 4. The van der Waals surface area contributed by atoms with Gasteiger partial charge in [-0.2, -0.15) is 10.5 Å². The molecule has 0 spiro atoms. The van der Waals surface area contributed by atoms with Gasteiger partial charge in [0.1, 0.15) is 0 Å². The molecule has 0 aliphatic rings. The minimum absolute atomic E-state index is 0.631. The number of nitriles is 2. The van der Waals surface area contributed by atoms with Crippen LogP contribution in [0.25, 0.3) is 77.2 Å². The first kappa shape index (κ1) is 27.4. The van der Waals surface area contributed by atoms with Gasteiger partial charge in [-0.1, -0.05) is 91.0 Å². The molecule has 48 heavy (non-hydrogen) atoms. The standard InChI is InChI=1S/C44H26N4/c45-27-29-21-22-44-39(23-29)38-16-6-10-20-43(38)48(44)40-17-7-3-13-35(40)32-24-31(34-12-2-1-11-30(34)28-46)25-33(26-32)47-41-18-8-4-14-36(41)37-15-5-9-19-42(37)47/h1-26H. The number of aromatic nitrogens is 2. The van der Waals surface area contributed by atoms with Crippen LogP contribution in [0.5, 0.6) is 0 Å². The van der Waals surface area contributed by atoms with E-state index in [2.05, 4.69) is 130 Å². The molecule has 0 saturated heterocycles. The average molecular weight is 611 g/mol. The Hall–Kier alpha value is -6.88. The van der Waals surface area contributed by atoms with Gasteiger partial charge in [-0.3, -0.25) is 0 Å². The molecule has 0 amide bonds. The molecule has 0 bridgehead atoms. The second kappa shape index (κ2) is 10.9. The molecule has 2 aromatic heterocycles. The summed E-state index contributed by atoms with van der Waals surface area (Å²) >= 11 is 0. The third-order valence-corrected chi connectivity index (χ3v) is 9.37. The largest absolute Gasteiger partial charge is 0.309 e. The van der Waals surface area contributed by atoms with Crippen LogP contribution in [0.2, 0.25) is 0 Å². The number of fused-ring (bicyclic) bond motifs is 6. The average Bonchev–Trinajstić information content (AvgIpc) is 3.67. The highest BCUT2D eigenvalue weighted by Crippen LogP contribution is 2.40. The van der Waals surface area contributed by atoms with Gasteiger partial charge in [0.15, 0.2) is 0 Å². The molecule has 222 valence electrons. The van der Waals surface area contributed by atoms with Gasteiger partial charge in [0, 0.05) is 32.8 Å². The predicted octanol–water partition coefficient (Wildman–Crippen LogP) is 11.0. The van der Waals surface area contributed by atoms with Gasteiger partial charge in [0.05, 0.1) is 51.0 Å². The number of hydrogen-bond donors (Lipinski definition) is 0. The maximum Gasteiger partial charge on any atom is 0.0998 e. The molecule has 0 aliphatic heterocycles. The van der Waals surface area contributed by atoms with Crippen LogP contribution >= 0.6 is 0 Å². The van der Waals surface area contributed by atoms with E-state index in [9.17, 15) is 10.5 Å². The fourth-order valence-corrected chi connectivity index (χ4v) is 7.30. The lowest BCUT2D eigenvalue weighted by atomic mass is 9.94. The SMILES string of the molecule is N#Cc1ccc2c(c1)c1ccccc1n2-c1ccccc1-c1cc(-c2ccccc2C#N)cc(-n2c3ccccc3c3ccccc32)c1. The number of benzene rings is 7. The van der Waals surface area contributed by atoms with Crippen molar-refractivity contribution in [2.75, 3.05) is 0 Å². The molecule has 4 nitrogen and oxygen atoms in total. The first-order valence-electron chi connectivity index (χ1n) is 15.9. The monoisotopic (exact) mass is 610 g/mol. The van der Waals surface area contributed by atoms with Gasteiger partial charge in [0.25, 0.3) is 0 Å². The van der Waals surface area contributed by atoms with Crippen LogP contribution in [0.4, 0.5) is 0 Å². The normalized spacial score (nSPS) is 11.3. The Morgan fingerprint density at radius 2 is 0.917 bits per heavy atom. The molecule has 0 radical (unpaired) electrons. The molecule has 0 unspecified atom stereocenters. The highest BCUT2D eigenvalue weighted by molar-refractivity contribution is 6.11. The summed E-state index contributed by atoms with van der Waals surface area (Å²) in [5, 5.41) is 24.4. The van der Waals surface area contributed by atoms with Crippen molar-refractivity contribution in [3.8, 4) is 45.8 Å². The Balaban J connectivity index is 1.37. The summed E-state index contributed by atoms with van der Waals surface area (Å²) in [5.74, 6) is 0. The van der Waals surface area contributed by atoms with Crippen molar-refractivity contribution in [2.24, 2.45) is 0 Å². The van der Waals surface area contributed by atoms with Crippen LogP contribution in [-0.2, 0) is 0 Å². The van der Waals surface area contributed by atoms with Crippen molar-refractivity contribution >= 4 is 43.6 Å². The Labute approximate surface area is 277 Å². The summed E-state index contributed by atoms with van der Waals surface area (Å²) in [7, 11) is 0. The second-order valence-electron chi connectivity index (χ2n) is 12.0. The molecule has 0 aliphatic carbocycles. The van der Waals surface area contributed by atoms with E-state index in [1.165, 1.54) is 10.8 Å². The maximum absolute atomic E-state index is 10.1. The quantitative estimate of drug-likeness (QED) is 0.199. The number of nitrogens with zero attached hydrogens (tertiary/aromatic N) is 4. The molecule has 2 heterocycles. The second-order valence-corrected chi connectivity index (χ2v) is 12.0. The highest BCUT2D eigenvalue weighted by Gasteiger charge is 2.19. The summed E-state index contributed by atoms with van der Waals surface area (Å²) in [4.78, 5) is 0. The van der Waals surface area contributed by atoms with Crippen LogP contribution in [0, 0.1) is 22.7 Å². The molecular formula is C44H26N4. The first-order chi connectivity index (χ1) is 23.7. The van der Waals surface area contributed by atoms with E-state index in [0.29, 0.717) is 11.1 Å². The molecule has 0 N–H and O–H groups in total. The van der Waals surface area contributed by atoms with Gasteiger partial charge in [-0.05, 0) is 83.4 Å². The van der Waals surface area contributed by atoms with Crippen molar-refractivity contribution in [3.05, 3.63) is 169 Å². The van der Waals surface area contributed by atoms with Crippen LogP contribution in [-0.4, -0.2) is 9.13 Å². The molecule has 0 saturated carbocycles. The Bertz CT molecular complexity index is 2760. The van der Waals surface area contributed by atoms with Gasteiger partial charge in [-0.15, -0.1) is 0 Å². The van der Waals surface area contributed by atoms with E-state index < -0.39 is 0 Å². The highest BCUT2D eigenvalue weighted by atomic mass is 15.0. The zero-order valence-electron chi connectivity index (χ0n) is 25.8. The van der Waals surface area contributed by atoms with Crippen molar-refractivity contribution in [1.29, 1.82) is 10.5 Å². The van der Waals surface area contributed by atoms with Gasteiger partial charge >= 0.3 is 0 Å². The lowest BCUT2D eigenvalue weighted by molar-refractivity contribution is 1.17. The molecule has 4 heteroatoms. The number of hydrogen-bond acceptors (Lipinski definition) is 2. The fourth-order valence-electron chi connectivity index (χ4n) is 7.30. The molecule has 7 aromatic carbocycles. The lowest BCUT2D eigenvalue weighted by Crippen LogP contribution is -1.99. The Kier molecular flexibility index (Phi) is 6.22. The van der Waals surface area contributed by atoms with Gasteiger partial charge in [0.2, 0.25) is 0 Å². The summed E-state index contributed by atoms with van der Waals surface area (Å²) < 4.78 is 4.64. The van der Waals surface area contributed by atoms with E-state index in [1.54, 1.807) is 0 Å². The van der Waals surface area contributed by atoms with Gasteiger partial charge < -0.3 is 9.13 Å². The summed E-state index contributed by atoms with van der Waals surface area (Å²) in [6.07, 6.45) is 0. The molecule has 9 rings (SSSR count). The zero-order valence-corrected chi connectivity index (χ0v) is 25.8. The Morgan fingerprint density at radius 1 is 0.396 bits per heavy atom. The predicted molar refractivity (Wildman–Crippen MR) is 195 cm³/mol. The fraction of sp³-hybridized carbons (Fsp3) is 0. The van der Waals surface area contributed by atoms with Crippen LogP contribution in [0.1, 0.15) is 11.1 Å². The number of rotatable bonds is 4. The molecule has 0 fully saturated rings. The minimum Gasteiger partial charge on any atom is -0.309 e. The van der Waals surface area contributed by atoms with Gasteiger partial charge in [-0.25, -0.2) is 0 Å². The molecular weight excluding hydrogens is 585 g/mol. The smallest absolute Gasteiger partial charge is 0.0998 e.